The van der Waals surface area contributed by atoms with Crippen LogP contribution in [0.25, 0.3) is 0 Å². The fourth-order valence-corrected chi connectivity index (χ4v) is 5.98. The van der Waals surface area contributed by atoms with Crippen LogP contribution in [-0.2, 0) is 31.3 Å². The predicted molar refractivity (Wildman–Crippen MR) is 126 cm³/mol. The lowest BCUT2D eigenvalue weighted by Gasteiger charge is -2.26. The Bertz CT molecular complexity index is 1260. The zero-order valence-corrected chi connectivity index (χ0v) is 20.0. The lowest BCUT2D eigenvalue weighted by Crippen LogP contribution is -2.99. The van der Waals surface area contributed by atoms with Gasteiger partial charge in [-0.3, -0.25) is 24.1 Å². The maximum Gasteiger partial charge on any atom is 0.291 e. The van der Waals surface area contributed by atoms with Crippen LogP contribution in [0, 0.1) is 25.7 Å². The van der Waals surface area contributed by atoms with E-state index in [9.17, 15) is 19.2 Å². The molecular weight excluding hydrogens is 448 g/mol. The summed E-state index contributed by atoms with van der Waals surface area (Å²) in [4.78, 5) is 54.0. The van der Waals surface area contributed by atoms with E-state index in [2.05, 4.69) is 5.32 Å². The molecule has 2 aromatic rings. The van der Waals surface area contributed by atoms with Gasteiger partial charge >= 0.3 is 0 Å². The van der Waals surface area contributed by atoms with E-state index in [0.717, 1.165) is 22.3 Å². The number of rotatable bonds is 6. The third-order valence-electron chi connectivity index (χ3n) is 7.89. The molecule has 9 heteroatoms. The number of hydrogen-bond acceptors (Lipinski definition) is 5. The number of amides is 4. The van der Waals surface area contributed by atoms with E-state index in [-0.39, 0.29) is 30.7 Å². The van der Waals surface area contributed by atoms with E-state index < -0.39 is 29.3 Å². The molecule has 2 aromatic carbocycles. The fourth-order valence-electron chi connectivity index (χ4n) is 5.98. The minimum atomic E-state index is -1.26. The zero-order chi connectivity index (χ0) is 25.1. The van der Waals surface area contributed by atoms with Crippen molar-refractivity contribution in [3.63, 3.8) is 0 Å². The zero-order valence-electron chi connectivity index (χ0n) is 20.0. The van der Waals surface area contributed by atoms with Gasteiger partial charge in [-0.25, -0.2) is 0 Å². The molecule has 35 heavy (non-hydrogen) atoms. The highest BCUT2D eigenvalue weighted by Crippen LogP contribution is 2.50. The van der Waals surface area contributed by atoms with Crippen molar-refractivity contribution in [3.05, 3.63) is 58.7 Å². The topological polar surface area (TPSA) is 135 Å². The first-order chi connectivity index (χ1) is 16.7. The smallest absolute Gasteiger partial charge is 0.291 e. The minimum absolute atomic E-state index is 0.0712. The molecule has 4 amide bonds. The van der Waals surface area contributed by atoms with Crippen LogP contribution in [0.15, 0.2) is 36.4 Å². The molecule has 5 rings (SSSR count). The molecule has 0 bridgehead atoms. The number of primary amides is 1. The summed E-state index contributed by atoms with van der Waals surface area (Å²) >= 11 is 0. The molecule has 0 radical (unpaired) electrons. The maximum atomic E-state index is 13.9. The van der Waals surface area contributed by atoms with Gasteiger partial charge in [0.2, 0.25) is 23.3 Å². The number of hydrogen-bond donors (Lipinski definition) is 3. The van der Waals surface area contributed by atoms with Gasteiger partial charge in [0.15, 0.2) is 0 Å². The van der Waals surface area contributed by atoms with Gasteiger partial charge in [-0.15, -0.1) is 0 Å². The van der Waals surface area contributed by atoms with E-state index in [0.29, 0.717) is 17.9 Å². The fraction of sp³-hybridized carbons (Fsp3) is 0.385. The van der Waals surface area contributed by atoms with Gasteiger partial charge in [0, 0.05) is 18.4 Å². The number of anilines is 1. The molecule has 3 heterocycles. The van der Waals surface area contributed by atoms with Gasteiger partial charge in [0.05, 0.1) is 19.3 Å². The van der Waals surface area contributed by atoms with E-state index >= 15 is 0 Å². The number of quaternary nitrogens is 1. The Morgan fingerprint density at radius 3 is 2.49 bits per heavy atom. The SMILES string of the molecule is COc1ccc(CN2C(=O)[C@@H]3[C@H](CCC(N)=O)[NH2+][C@@]4(C(=O)Nc5c4ccc(C)c5C)[C@@H]3C2=O)cc1. The van der Waals surface area contributed by atoms with Gasteiger partial charge in [-0.05, 0) is 48.7 Å². The Kier molecular flexibility index (Phi) is 5.40. The second-order valence-corrected chi connectivity index (χ2v) is 9.70. The van der Waals surface area contributed by atoms with Crippen LogP contribution in [0.2, 0.25) is 0 Å². The Hall–Kier alpha value is -3.72. The molecule has 9 nitrogen and oxygen atoms in total. The van der Waals surface area contributed by atoms with Gasteiger partial charge in [0.25, 0.3) is 5.91 Å². The van der Waals surface area contributed by atoms with E-state index in [1.165, 1.54) is 4.90 Å². The van der Waals surface area contributed by atoms with Gasteiger partial charge in [0.1, 0.15) is 23.6 Å². The maximum absolute atomic E-state index is 13.9. The number of carbonyl (C=O) groups is 4. The second kappa shape index (κ2) is 8.20. The molecule has 3 aliphatic heterocycles. The standard InChI is InChI=1S/C26H28N4O5/c1-13-4-9-17-22(14(13)2)28-25(34)26(17)21-20(18(29-26)10-11-19(27)31)23(32)30(24(21)33)12-15-5-7-16(35-3)8-6-15/h4-9,18,20-21,29H,10-12H2,1-3H3,(H2,27,31)(H,28,34)/p+1/t18-,20+,21-,26+/m0/s1. The Morgan fingerprint density at radius 2 is 1.83 bits per heavy atom. The number of benzene rings is 2. The Morgan fingerprint density at radius 1 is 1.11 bits per heavy atom. The van der Waals surface area contributed by atoms with Gasteiger partial charge in [-0.2, -0.15) is 0 Å². The molecule has 0 aliphatic carbocycles. The van der Waals surface area contributed by atoms with Crippen molar-refractivity contribution in [3.8, 4) is 5.75 Å². The summed E-state index contributed by atoms with van der Waals surface area (Å²) in [5, 5.41) is 4.83. The molecule has 182 valence electrons. The first-order valence-corrected chi connectivity index (χ1v) is 11.7. The van der Waals surface area contributed by atoms with Crippen LogP contribution < -0.4 is 21.1 Å². The number of nitrogens with two attached hydrogens (primary N) is 2. The summed E-state index contributed by atoms with van der Waals surface area (Å²) in [5.41, 5.74) is 8.30. The first-order valence-electron chi connectivity index (χ1n) is 11.7. The molecule has 0 aromatic heterocycles. The lowest BCUT2D eigenvalue weighted by atomic mass is 9.76. The number of aryl methyl sites for hydroxylation is 1. The second-order valence-electron chi connectivity index (χ2n) is 9.70. The molecule has 5 N–H and O–H groups in total. The van der Waals surface area contributed by atoms with Crippen LogP contribution in [0.3, 0.4) is 0 Å². The van der Waals surface area contributed by atoms with Crippen molar-refractivity contribution >= 4 is 29.3 Å². The largest absolute Gasteiger partial charge is 0.497 e. The molecule has 2 saturated heterocycles. The van der Waals surface area contributed by atoms with E-state index in [1.54, 1.807) is 19.2 Å². The number of likely N-dealkylation sites (tertiary alicyclic amines) is 1. The predicted octanol–water partition coefficient (Wildman–Crippen LogP) is 0.472. The number of imide groups is 1. The minimum Gasteiger partial charge on any atom is -0.497 e. The van der Waals surface area contributed by atoms with Crippen LogP contribution in [0.5, 0.6) is 5.75 Å². The number of nitrogens with one attached hydrogen (secondary N) is 1. The van der Waals surface area contributed by atoms with Crippen molar-refractivity contribution in [1.29, 1.82) is 0 Å². The normalized spacial score (nSPS) is 26.8. The summed E-state index contributed by atoms with van der Waals surface area (Å²) in [6.07, 6.45) is 0.378. The molecule has 0 saturated carbocycles. The number of nitrogens with zero attached hydrogens (tertiary/aromatic N) is 1. The number of fused-ring (bicyclic) bond motifs is 4. The molecule has 3 aliphatic rings. The van der Waals surface area contributed by atoms with Crippen molar-refractivity contribution in [2.75, 3.05) is 12.4 Å². The Labute approximate surface area is 203 Å². The van der Waals surface area contributed by atoms with Crippen molar-refractivity contribution in [2.24, 2.45) is 17.6 Å². The summed E-state index contributed by atoms with van der Waals surface area (Å²) in [7, 11) is 1.57. The summed E-state index contributed by atoms with van der Waals surface area (Å²) in [5.74, 6) is -2.38. The quantitative estimate of drug-likeness (QED) is 0.520. The van der Waals surface area contributed by atoms with Gasteiger partial charge in [-0.1, -0.05) is 18.2 Å². The van der Waals surface area contributed by atoms with Crippen molar-refractivity contribution < 1.29 is 29.2 Å². The third kappa shape index (κ3) is 3.33. The number of carbonyl (C=O) groups excluding carboxylic acids is 4. The highest BCUT2D eigenvalue weighted by atomic mass is 16.5. The third-order valence-corrected chi connectivity index (χ3v) is 7.89. The lowest BCUT2D eigenvalue weighted by molar-refractivity contribution is -0.734. The monoisotopic (exact) mass is 477 g/mol. The summed E-state index contributed by atoms with van der Waals surface area (Å²) < 4.78 is 5.19. The highest BCUT2D eigenvalue weighted by molar-refractivity contribution is 6.14. The molecule has 0 unspecified atom stereocenters. The summed E-state index contributed by atoms with van der Waals surface area (Å²) in [6, 6.07) is 10.6. The molecular formula is C26H29N4O5+. The van der Waals surface area contributed by atoms with Crippen LogP contribution >= 0.6 is 0 Å². The average molecular weight is 478 g/mol. The van der Waals surface area contributed by atoms with Crippen molar-refractivity contribution in [2.45, 2.75) is 44.8 Å². The van der Waals surface area contributed by atoms with Crippen LogP contribution in [0.4, 0.5) is 5.69 Å². The number of methoxy groups -OCH3 is 1. The number of ether oxygens (including phenoxy) is 1. The molecule has 4 atom stereocenters. The summed E-state index contributed by atoms with van der Waals surface area (Å²) in [6.45, 7) is 4.00. The van der Waals surface area contributed by atoms with Crippen LogP contribution in [0.1, 0.15) is 35.1 Å². The van der Waals surface area contributed by atoms with E-state index in [4.69, 9.17) is 10.5 Å². The Balaban J connectivity index is 1.57. The van der Waals surface area contributed by atoms with Crippen LogP contribution in [-0.4, -0.2) is 41.7 Å². The first kappa shape index (κ1) is 23.0. The molecule has 2 fully saturated rings. The molecule has 1 spiro atoms. The highest BCUT2D eigenvalue weighted by Gasteiger charge is 2.74. The average Bonchev–Trinajstić information content (AvgIpc) is 3.41. The van der Waals surface area contributed by atoms with Gasteiger partial charge < -0.3 is 21.1 Å². The van der Waals surface area contributed by atoms with Crippen molar-refractivity contribution in [1.82, 2.24) is 4.90 Å². The van der Waals surface area contributed by atoms with E-state index in [1.807, 2.05) is 43.4 Å².